The molecule has 0 radical (unpaired) electrons. The molecule has 7 heteroatoms. The molecule has 1 saturated heterocycles. The van der Waals surface area contributed by atoms with Crippen molar-refractivity contribution in [2.75, 3.05) is 31.6 Å². The van der Waals surface area contributed by atoms with E-state index in [9.17, 15) is 9.59 Å². The predicted octanol–water partition coefficient (Wildman–Crippen LogP) is 2.07. The molecule has 1 amide bonds. The Labute approximate surface area is 165 Å². The van der Waals surface area contributed by atoms with E-state index in [4.69, 9.17) is 4.74 Å². The normalized spacial score (nSPS) is 16.9. The van der Waals surface area contributed by atoms with Crippen molar-refractivity contribution in [1.82, 2.24) is 14.9 Å². The van der Waals surface area contributed by atoms with Crippen molar-refractivity contribution < 1.29 is 9.53 Å². The molecule has 1 N–H and O–H groups in total. The van der Waals surface area contributed by atoms with E-state index < -0.39 is 0 Å². The summed E-state index contributed by atoms with van der Waals surface area (Å²) in [6, 6.07) is 8.16. The molecule has 0 saturated carbocycles. The lowest BCUT2D eigenvalue weighted by Crippen LogP contribution is -2.54. The Morgan fingerprint density at radius 3 is 2.57 bits per heavy atom. The smallest absolute Gasteiger partial charge is 0.345 e. The van der Waals surface area contributed by atoms with Crippen molar-refractivity contribution in [2.45, 2.75) is 39.7 Å². The van der Waals surface area contributed by atoms with E-state index in [2.05, 4.69) is 33.9 Å². The van der Waals surface area contributed by atoms with Gasteiger partial charge in [0.1, 0.15) is 5.75 Å². The topological polar surface area (TPSA) is 78.5 Å². The van der Waals surface area contributed by atoms with Crippen molar-refractivity contribution in [1.29, 1.82) is 0 Å². The number of carbonyl (C=O) groups is 1. The Balaban J connectivity index is 1.59. The lowest BCUT2D eigenvalue weighted by atomic mass is 10.0. The summed E-state index contributed by atoms with van der Waals surface area (Å²) in [5.41, 5.74) is 3.25. The number of aromatic nitrogens is 2. The van der Waals surface area contributed by atoms with Crippen LogP contribution in [0.15, 0.2) is 29.1 Å². The molecule has 0 unspecified atom stereocenters. The SMILES string of the molecule is COc1ccc(N2CCN(C(=O)CCc3c(C)nc(=O)[nH]c3C)[C@H](C)C2)cc1. The Bertz CT molecular complexity index is 865. The summed E-state index contributed by atoms with van der Waals surface area (Å²) in [5, 5.41) is 0. The van der Waals surface area contributed by atoms with Crippen LogP contribution in [0.3, 0.4) is 0 Å². The van der Waals surface area contributed by atoms with Crippen LogP contribution in [0.5, 0.6) is 5.75 Å². The van der Waals surface area contributed by atoms with Crippen LogP contribution in [0, 0.1) is 13.8 Å². The van der Waals surface area contributed by atoms with E-state index in [0.29, 0.717) is 25.1 Å². The monoisotopic (exact) mass is 384 g/mol. The molecule has 28 heavy (non-hydrogen) atoms. The second-order valence-corrected chi connectivity index (χ2v) is 7.31. The van der Waals surface area contributed by atoms with Crippen LogP contribution in [0.1, 0.15) is 30.3 Å². The van der Waals surface area contributed by atoms with Crippen LogP contribution in [0.25, 0.3) is 0 Å². The average Bonchev–Trinajstić information content (AvgIpc) is 2.67. The minimum atomic E-state index is -0.339. The summed E-state index contributed by atoms with van der Waals surface area (Å²) in [6.45, 7) is 8.07. The van der Waals surface area contributed by atoms with Gasteiger partial charge in [0.15, 0.2) is 0 Å². The van der Waals surface area contributed by atoms with E-state index in [0.717, 1.165) is 35.8 Å². The first-order chi connectivity index (χ1) is 13.4. The second-order valence-electron chi connectivity index (χ2n) is 7.31. The van der Waals surface area contributed by atoms with E-state index in [1.807, 2.05) is 30.9 Å². The quantitative estimate of drug-likeness (QED) is 0.854. The Morgan fingerprint density at radius 1 is 1.25 bits per heavy atom. The molecule has 0 spiro atoms. The van der Waals surface area contributed by atoms with Crippen LogP contribution >= 0.6 is 0 Å². The molecule has 1 fully saturated rings. The maximum absolute atomic E-state index is 12.8. The van der Waals surface area contributed by atoms with Gasteiger partial charge < -0.3 is 19.5 Å². The van der Waals surface area contributed by atoms with Gasteiger partial charge in [0.05, 0.1) is 7.11 Å². The van der Waals surface area contributed by atoms with Gasteiger partial charge in [-0.05, 0) is 57.0 Å². The summed E-state index contributed by atoms with van der Waals surface area (Å²) in [4.78, 5) is 35.1. The van der Waals surface area contributed by atoms with Gasteiger partial charge in [-0.3, -0.25) is 4.79 Å². The fourth-order valence-corrected chi connectivity index (χ4v) is 3.85. The van der Waals surface area contributed by atoms with Crippen LogP contribution in [0.2, 0.25) is 0 Å². The Hall–Kier alpha value is -2.83. The van der Waals surface area contributed by atoms with E-state index in [-0.39, 0.29) is 17.6 Å². The first kappa shape index (κ1) is 19.9. The number of piperazine rings is 1. The maximum Gasteiger partial charge on any atom is 0.345 e. The fraction of sp³-hybridized carbons (Fsp3) is 0.476. The van der Waals surface area contributed by atoms with Crippen molar-refractivity contribution >= 4 is 11.6 Å². The zero-order valence-corrected chi connectivity index (χ0v) is 17.0. The van der Waals surface area contributed by atoms with Gasteiger partial charge in [0, 0.05) is 49.2 Å². The van der Waals surface area contributed by atoms with Crippen LogP contribution in [-0.4, -0.2) is 53.6 Å². The van der Waals surface area contributed by atoms with Gasteiger partial charge in [-0.1, -0.05) is 0 Å². The van der Waals surface area contributed by atoms with Crippen molar-refractivity contribution in [3.05, 3.63) is 51.7 Å². The molecule has 1 aliphatic rings. The number of ether oxygens (including phenoxy) is 1. The number of methoxy groups -OCH3 is 1. The van der Waals surface area contributed by atoms with E-state index in [1.54, 1.807) is 7.11 Å². The molecule has 1 aliphatic heterocycles. The molecule has 2 heterocycles. The van der Waals surface area contributed by atoms with Crippen molar-refractivity contribution in [3.8, 4) is 5.75 Å². The number of hydrogen-bond acceptors (Lipinski definition) is 5. The molecule has 150 valence electrons. The number of nitrogens with zero attached hydrogens (tertiary/aromatic N) is 3. The summed E-state index contributed by atoms with van der Waals surface area (Å²) < 4.78 is 5.22. The molecule has 0 bridgehead atoms. The van der Waals surface area contributed by atoms with Gasteiger partial charge >= 0.3 is 5.69 Å². The third kappa shape index (κ3) is 4.35. The fourth-order valence-electron chi connectivity index (χ4n) is 3.85. The highest BCUT2D eigenvalue weighted by atomic mass is 16.5. The zero-order chi connectivity index (χ0) is 20.3. The molecule has 1 aromatic carbocycles. The first-order valence-corrected chi connectivity index (χ1v) is 9.64. The minimum absolute atomic E-state index is 0.138. The number of aryl methyl sites for hydroxylation is 2. The summed E-state index contributed by atoms with van der Waals surface area (Å²) >= 11 is 0. The third-order valence-corrected chi connectivity index (χ3v) is 5.43. The van der Waals surface area contributed by atoms with E-state index >= 15 is 0 Å². The summed E-state index contributed by atoms with van der Waals surface area (Å²) in [5.74, 6) is 0.986. The van der Waals surface area contributed by atoms with Gasteiger partial charge in [-0.15, -0.1) is 0 Å². The zero-order valence-electron chi connectivity index (χ0n) is 17.0. The lowest BCUT2D eigenvalue weighted by molar-refractivity contribution is -0.133. The minimum Gasteiger partial charge on any atom is -0.497 e. The van der Waals surface area contributed by atoms with Gasteiger partial charge in [0.25, 0.3) is 0 Å². The van der Waals surface area contributed by atoms with Crippen LogP contribution in [-0.2, 0) is 11.2 Å². The molecular formula is C21H28N4O3. The molecule has 0 aliphatic carbocycles. The Kier molecular flexibility index (Phi) is 6.02. The largest absolute Gasteiger partial charge is 0.497 e. The molecular weight excluding hydrogens is 356 g/mol. The predicted molar refractivity (Wildman–Crippen MR) is 109 cm³/mol. The molecule has 7 nitrogen and oxygen atoms in total. The molecule has 2 aromatic rings. The van der Waals surface area contributed by atoms with Crippen molar-refractivity contribution in [2.24, 2.45) is 0 Å². The van der Waals surface area contributed by atoms with Crippen LogP contribution < -0.4 is 15.3 Å². The lowest BCUT2D eigenvalue weighted by Gasteiger charge is -2.41. The number of benzene rings is 1. The van der Waals surface area contributed by atoms with Gasteiger partial charge in [-0.2, -0.15) is 4.98 Å². The first-order valence-electron chi connectivity index (χ1n) is 9.64. The number of hydrogen-bond donors (Lipinski definition) is 1. The number of amides is 1. The van der Waals surface area contributed by atoms with Gasteiger partial charge in [-0.25, -0.2) is 4.79 Å². The highest BCUT2D eigenvalue weighted by Gasteiger charge is 2.27. The number of carbonyl (C=O) groups excluding carboxylic acids is 1. The van der Waals surface area contributed by atoms with E-state index in [1.165, 1.54) is 0 Å². The highest BCUT2D eigenvalue weighted by Crippen LogP contribution is 2.23. The molecule has 1 aromatic heterocycles. The maximum atomic E-state index is 12.8. The van der Waals surface area contributed by atoms with Crippen LogP contribution in [0.4, 0.5) is 5.69 Å². The number of rotatable bonds is 5. The molecule has 3 rings (SSSR count). The standard InChI is InChI=1S/C21H28N4O3/c1-14-13-24(17-5-7-18(28-4)8-6-17)11-12-25(14)20(26)10-9-19-15(2)22-21(27)23-16(19)3/h5-8,14H,9-13H2,1-4H3,(H,22,23,27)/t14-/m1/s1. The average molecular weight is 384 g/mol. The number of nitrogens with one attached hydrogen (secondary N) is 1. The third-order valence-electron chi connectivity index (χ3n) is 5.43. The molecule has 1 atom stereocenters. The number of aromatic amines is 1. The number of H-pyrrole nitrogens is 1. The summed E-state index contributed by atoms with van der Waals surface area (Å²) in [7, 11) is 1.66. The summed E-state index contributed by atoms with van der Waals surface area (Å²) in [6.07, 6.45) is 1.01. The highest BCUT2D eigenvalue weighted by molar-refractivity contribution is 5.77. The second kappa shape index (κ2) is 8.46. The van der Waals surface area contributed by atoms with Crippen molar-refractivity contribution in [3.63, 3.8) is 0 Å². The Morgan fingerprint density at radius 2 is 1.96 bits per heavy atom. The van der Waals surface area contributed by atoms with Gasteiger partial charge in [0.2, 0.25) is 5.91 Å². The number of anilines is 1.